The number of para-hydroxylation sites is 1. The van der Waals surface area contributed by atoms with Gasteiger partial charge >= 0.3 is 59.8 Å². The number of carbonyl (C=O) groups is 6. The van der Waals surface area contributed by atoms with Gasteiger partial charge in [0.2, 0.25) is 5.13 Å². The van der Waals surface area contributed by atoms with Gasteiger partial charge in [0.1, 0.15) is 35.2 Å². The van der Waals surface area contributed by atoms with Crippen LogP contribution in [-0.2, 0) is 38.1 Å². The van der Waals surface area contributed by atoms with Gasteiger partial charge in [-0.2, -0.15) is 44.6 Å². The van der Waals surface area contributed by atoms with Gasteiger partial charge in [0.15, 0.2) is 0 Å². The molecule has 1 aromatic heterocycles. The van der Waals surface area contributed by atoms with Crippen LogP contribution in [0.5, 0.6) is 23.0 Å². The number of benzene rings is 4. The highest BCUT2D eigenvalue weighted by Crippen LogP contribution is 2.54. The van der Waals surface area contributed by atoms with E-state index >= 15 is 8.78 Å². The molecule has 0 amide bonds. The Morgan fingerprint density at radius 2 is 1.03 bits per heavy atom. The first kappa shape index (κ1) is 71.9. The van der Waals surface area contributed by atoms with Crippen molar-refractivity contribution in [3.63, 3.8) is 0 Å². The molecule has 17 nitrogen and oxygen atoms in total. The fraction of sp³-hybridized carbons (Fsp3) is 0.455. The van der Waals surface area contributed by atoms with Crippen molar-refractivity contribution >= 4 is 68.7 Å². The summed E-state index contributed by atoms with van der Waals surface area (Å²) in [7, 11) is 0. The normalized spacial score (nSPS) is 17.0. The number of carbonyl (C=O) groups excluding carboxylic acids is 6. The monoisotopic (exact) mass is 1330 g/mol. The van der Waals surface area contributed by atoms with Crippen molar-refractivity contribution in [3.8, 4) is 23.0 Å². The number of hydrogen-bond acceptors (Lipinski definition) is 18. The van der Waals surface area contributed by atoms with Gasteiger partial charge in [0.25, 0.3) is 0 Å². The summed E-state index contributed by atoms with van der Waals surface area (Å²) in [6, 6.07) is 22.7. The SMILES string of the molecule is C=CC(=O)OCCCCCCOc1ccc(OC(=O)[C@H]2CC[C@H](OC(=O)c3ccc(OC(=O)[C@H]4CC[C@H](OC(=O)c5ccc(OCCCCCCOC(=O)C=C)cc5)CC4)cc3/C=N/N(CCC(F)(F)C(F)(F)C(F)(F)C(F)(F)F)c3nc4ccccc4s3)CC2)cc1. The lowest BCUT2D eigenvalue weighted by Crippen LogP contribution is -2.61. The molecule has 0 atom stereocenters. The summed E-state index contributed by atoms with van der Waals surface area (Å²) in [5.41, 5.74) is 0.0332. The Hall–Kier alpha value is -8.49. The molecular weight excluding hydrogens is 1260 g/mol. The van der Waals surface area contributed by atoms with Gasteiger partial charge in [-0.1, -0.05) is 36.6 Å². The van der Waals surface area contributed by atoms with Gasteiger partial charge in [0.05, 0.1) is 72.4 Å². The smallest absolute Gasteiger partial charge is 0.460 e. The Bertz CT molecular complexity index is 3330. The molecule has 5 aromatic rings. The van der Waals surface area contributed by atoms with Gasteiger partial charge in [-0.15, -0.1) is 0 Å². The zero-order valence-electron chi connectivity index (χ0n) is 50.5. The Kier molecular flexibility index (Phi) is 26.2. The van der Waals surface area contributed by atoms with E-state index in [9.17, 15) is 59.5 Å². The highest BCUT2D eigenvalue weighted by molar-refractivity contribution is 7.22. The van der Waals surface area contributed by atoms with E-state index in [-0.39, 0.29) is 90.2 Å². The van der Waals surface area contributed by atoms with E-state index in [4.69, 9.17) is 37.9 Å². The van der Waals surface area contributed by atoms with E-state index in [1.807, 2.05) is 0 Å². The molecule has 0 radical (unpaired) electrons. The summed E-state index contributed by atoms with van der Waals surface area (Å²) in [6.45, 7) is 6.78. The average Bonchev–Trinajstić information content (AvgIpc) is 1.09. The highest BCUT2D eigenvalue weighted by atomic mass is 32.1. The molecule has 0 aliphatic heterocycles. The summed E-state index contributed by atoms with van der Waals surface area (Å²) in [4.78, 5) is 80.8. The number of hydrogen-bond donors (Lipinski definition) is 0. The molecule has 0 spiro atoms. The number of alkyl halides is 9. The molecule has 0 unspecified atom stereocenters. The van der Waals surface area contributed by atoms with Crippen LogP contribution in [0.25, 0.3) is 10.2 Å². The summed E-state index contributed by atoms with van der Waals surface area (Å²) in [5.74, 6) is -23.9. The van der Waals surface area contributed by atoms with Gasteiger partial charge in [-0.25, -0.2) is 29.2 Å². The number of esters is 6. The van der Waals surface area contributed by atoms with Gasteiger partial charge in [0, 0.05) is 24.1 Å². The zero-order chi connectivity index (χ0) is 67.2. The number of unbranched alkanes of at least 4 members (excludes halogenated alkanes) is 6. The lowest BCUT2D eigenvalue weighted by atomic mass is 9.87. The first-order chi connectivity index (χ1) is 44.4. The van der Waals surface area contributed by atoms with Crippen molar-refractivity contribution < 1.29 is 106 Å². The van der Waals surface area contributed by atoms with Crippen LogP contribution in [0.15, 0.2) is 121 Å². The van der Waals surface area contributed by atoms with E-state index in [0.717, 1.165) is 74.3 Å². The molecular formula is C66H70F9N3O14S. The maximum Gasteiger partial charge on any atom is 0.460 e. The molecule has 502 valence electrons. The second-order valence-electron chi connectivity index (χ2n) is 22.0. The van der Waals surface area contributed by atoms with Gasteiger partial charge < -0.3 is 37.9 Å². The fourth-order valence-electron chi connectivity index (χ4n) is 9.93. The third-order valence-electron chi connectivity index (χ3n) is 15.3. The second kappa shape index (κ2) is 33.9. The van der Waals surface area contributed by atoms with Crippen molar-refractivity contribution in [1.29, 1.82) is 0 Å². The number of nitrogens with zero attached hydrogens (tertiary/aromatic N) is 3. The average molecular weight is 1330 g/mol. The van der Waals surface area contributed by atoms with Crippen LogP contribution < -0.4 is 24.0 Å². The molecule has 2 aliphatic carbocycles. The lowest BCUT2D eigenvalue weighted by Gasteiger charge is -2.34. The number of halogens is 9. The molecule has 2 fully saturated rings. The number of ether oxygens (including phenoxy) is 8. The minimum atomic E-state index is -7.14. The minimum absolute atomic E-state index is 0.176. The number of fused-ring (bicyclic) bond motifs is 1. The predicted molar refractivity (Wildman–Crippen MR) is 323 cm³/mol. The van der Waals surface area contributed by atoms with Crippen LogP contribution in [0.2, 0.25) is 0 Å². The molecule has 93 heavy (non-hydrogen) atoms. The number of anilines is 1. The molecule has 7 rings (SSSR count). The number of hydrazone groups is 1. The second-order valence-corrected chi connectivity index (χ2v) is 23.1. The van der Waals surface area contributed by atoms with Crippen LogP contribution in [0.1, 0.15) is 135 Å². The largest absolute Gasteiger partial charge is 0.494 e. The third kappa shape index (κ3) is 20.8. The predicted octanol–water partition coefficient (Wildman–Crippen LogP) is 15.0. The first-order valence-electron chi connectivity index (χ1n) is 30.3. The van der Waals surface area contributed by atoms with Crippen molar-refractivity contribution in [3.05, 3.63) is 133 Å². The van der Waals surface area contributed by atoms with Crippen molar-refractivity contribution in [1.82, 2.24) is 4.98 Å². The van der Waals surface area contributed by atoms with Crippen LogP contribution in [0, 0.1) is 11.8 Å². The molecule has 4 aromatic carbocycles. The van der Waals surface area contributed by atoms with Crippen LogP contribution in [-0.4, -0.2) is 116 Å². The molecule has 2 aliphatic rings. The van der Waals surface area contributed by atoms with E-state index in [1.54, 1.807) is 66.7 Å². The van der Waals surface area contributed by atoms with Gasteiger partial charge in [-0.3, -0.25) is 9.59 Å². The summed E-state index contributed by atoms with van der Waals surface area (Å²) in [6.07, 6.45) is 0.630. The minimum Gasteiger partial charge on any atom is -0.494 e. The first-order valence-corrected chi connectivity index (χ1v) is 31.1. The van der Waals surface area contributed by atoms with E-state index in [2.05, 4.69) is 23.2 Å². The van der Waals surface area contributed by atoms with Crippen LogP contribution in [0.3, 0.4) is 0 Å². The maximum atomic E-state index is 15.1. The summed E-state index contributed by atoms with van der Waals surface area (Å²) < 4.78 is 172. The highest BCUT2D eigenvalue weighted by Gasteiger charge is 2.81. The molecule has 0 bridgehead atoms. The summed E-state index contributed by atoms with van der Waals surface area (Å²) in [5, 5.41) is 4.40. The van der Waals surface area contributed by atoms with E-state index in [1.165, 1.54) is 18.2 Å². The standard InChI is InChI=1S/C66H70F9N3O14S/c1-3-56(79)87-39-13-7-5-11-37-85-47-23-17-43(18-24-47)58(81)89-49-25-19-45(20-26-49)60(83)92-52-33-34-53(46(41-52)42-76-78(62-77-54-15-9-10-16-55(54)93-62)36-35-63(67,68)64(69,70)65(71,72)66(73,74)75)61(84)91-50-27-21-44(22-28-50)59(82)90-51-31-29-48(30-32-51)86-38-12-6-8-14-40-88-57(80)4-2/h3-4,9-10,15-18,23-24,29-34,41-42,44-45,49-50H,1-2,5-8,11-14,19-22,25-28,35-40H2/b76-42+/t44-,45-,49-,50-. The maximum absolute atomic E-state index is 15.1. The Labute approximate surface area is 534 Å². The van der Waals surface area contributed by atoms with Crippen LogP contribution in [0.4, 0.5) is 44.6 Å². The van der Waals surface area contributed by atoms with Crippen LogP contribution >= 0.6 is 11.3 Å². The molecule has 1 heterocycles. The van der Waals surface area contributed by atoms with Crippen molar-refractivity contribution in [2.24, 2.45) is 16.9 Å². The van der Waals surface area contributed by atoms with E-state index in [0.29, 0.717) is 60.5 Å². The lowest BCUT2D eigenvalue weighted by molar-refractivity contribution is -0.396. The Morgan fingerprint density at radius 3 is 1.55 bits per heavy atom. The van der Waals surface area contributed by atoms with Crippen molar-refractivity contribution in [2.75, 3.05) is 38.0 Å². The molecule has 0 saturated heterocycles. The number of aromatic nitrogens is 1. The quantitative estimate of drug-likeness (QED) is 0.00549. The Morgan fingerprint density at radius 1 is 0.559 bits per heavy atom. The third-order valence-corrected chi connectivity index (χ3v) is 16.3. The molecule has 27 heteroatoms. The number of rotatable bonds is 34. The van der Waals surface area contributed by atoms with Crippen molar-refractivity contribution in [2.45, 2.75) is 145 Å². The van der Waals surface area contributed by atoms with Gasteiger partial charge in [-0.05, 0) is 182 Å². The summed E-state index contributed by atoms with van der Waals surface area (Å²) >= 11 is 0.775. The van der Waals surface area contributed by atoms with E-state index < -0.39 is 96.8 Å². The Balaban J connectivity index is 0.984. The molecule has 0 N–H and O–H groups in total. The number of thiazole rings is 1. The zero-order valence-corrected chi connectivity index (χ0v) is 51.4. The molecule has 2 saturated carbocycles. The topological polar surface area (TPSA) is 205 Å². The fourth-order valence-corrected chi connectivity index (χ4v) is 10.9.